The fourth-order valence-corrected chi connectivity index (χ4v) is 2.53. The highest BCUT2D eigenvalue weighted by atomic mass is 16.4. The molecule has 5 nitrogen and oxygen atoms in total. The number of likely N-dealkylation sites (N-methyl/N-ethyl adjacent to an activating group) is 1. The van der Waals surface area contributed by atoms with Gasteiger partial charge in [-0.3, -0.25) is 4.79 Å². The van der Waals surface area contributed by atoms with Gasteiger partial charge in [0.1, 0.15) is 0 Å². The molecule has 0 aromatic rings. The molecule has 0 saturated heterocycles. The summed E-state index contributed by atoms with van der Waals surface area (Å²) in [5.74, 6) is -0.791. The Labute approximate surface area is 114 Å². The number of carboxylic acid groups (broad SMARTS) is 1. The van der Waals surface area contributed by atoms with Gasteiger partial charge in [0, 0.05) is 20.1 Å². The van der Waals surface area contributed by atoms with Crippen molar-refractivity contribution in [3.63, 3.8) is 0 Å². The molecule has 1 saturated carbocycles. The van der Waals surface area contributed by atoms with E-state index < -0.39 is 11.4 Å². The Bertz CT molecular complexity index is 334. The van der Waals surface area contributed by atoms with Gasteiger partial charge in [-0.2, -0.15) is 0 Å². The Morgan fingerprint density at radius 1 is 1.32 bits per heavy atom. The SMILES string of the molecule is C=CCN(C)C(=O)NCC1(C(=O)O)CCCCCC1. The maximum atomic E-state index is 11.8. The summed E-state index contributed by atoms with van der Waals surface area (Å²) in [5.41, 5.74) is -0.790. The van der Waals surface area contributed by atoms with E-state index in [4.69, 9.17) is 0 Å². The first kappa shape index (κ1) is 15.5. The predicted octanol–water partition coefficient (Wildman–Crippen LogP) is 2.24. The molecule has 0 bridgehead atoms. The lowest BCUT2D eigenvalue weighted by molar-refractivity contribution is -0.149. The van der Waals surface area contributed by atoms with Crippen LogP contribution in [0.15, 0.2) is 12.7 Å². The number of aliphatic carboxylic acids is 1. The first-order valence-electron chi connectivity index (χ1n) is 6.85. The molecule has 0 atom stereocenters. The number of carbonyl (C=O) groups excluding carboxylic acids is 1. The summed E-state index contributed by atoms with van der Waals surface area (Å²) in [6, 6.07) is -0.246. The quantitative estimate of drug-likeness (QED) is 0.593. The van der Waals surface area contributed by atoms with Crippen LogP contribution in [0.5, 0.6) is 0 Å². The molecule has 0 aromatic heterocycles. The van der Waals surface area contributed by atoms with E-state index in [1.54, 1.807) is 13.1 Å². The van der Waals surface area contributed by atoms with E-state index in [1.807, 2.05) is 0 Å². The first-order chi connectivity index (χ1) is 9.02. The Morgan fingerprint density at radius 2 is 1.89 bits per heavy atom. The molecule has 108 valence electrons. The van der Waals surface area contributed by atoms with Crippen LogP contribution >= 0.6 is 0 Å². The molecule has 1 aliphatic carbocycles. The van der Waals surface area contributed by atoms with Crippen molar-refractivity contribution in [1.29, 1.82) is 0 Å². The number of urea groups is 1. The van der Waals surface area contributed by atoms with Crippen LogP contribution in [0.3, 0.4) is 0 Å². The van der Waals surface area contributed by atoms with Crippen LogP contribution in [0.2, 0.25) is 0 Å². The number of amides is 2. The maximum absolute atomic E-state index is 11.8. The fourth-order valence-electron chi connectivity index (χ4n) is 2.53. The summed E-state index contributed by atoms with van der Waals surface area (Å²) in [6.45, 7) is 4.23. The summed E-state index contributed by atoms with van der Waals surface area (Å²) in [6.07, 6.45) is 6.94. The highest BCUT2D eigenvalue weighted by molar-refractivity contribution is 5.78. The van der Waals surface area contributed by atoms with E-state index >= 15 is 0 Å². The van der Waals surface area contributed by atoms with Crippen LogP contribution in [0.25, 0.3) is 0 Å². The number of carbonyl (C=O) groups is 2. The van der Waals surface area contributed by atoms with Crippen LogP contribution in [0.4, 0.5) is 4.79 Å². The molecule has 1 rings (SSSR count). The summed E-state index contributed by atoms with van der Waals surface area (Å²) in [5, 5.41) is 12.2. The molecule has 0 radical (unpaired) electrons. The fraction of sp³-hybridized carbons (Fsp3) is 0.714. The lowest BCUT2D eigenvalue weighted by Gasteiger charge is -2.29. The van der Waals surface area contributed by atoms with Gasteiger partial charge in [0.2, 0.25) is 0 Å². The third kappa shape index (κ3) is 4.26. The van der Waals surface area contributed by atoms with Crippen LogP contribution < -0.4 is 5.32 Å². The van der Waals surface area contributed by atoms with E-state index in [1.165, 1.54) is 4.90 Å². The third-order valence-electron chi connectivity index (χ3n) is 3.84. The Hall–Kier alpha value is -1.52. The van der Waals surface area contributed by atoms with Crippen molar-refractivity contribution in [3.8, 4) is 0 Å². The third-order valence-corrected chi connectivity index (χ3v) is 3.84. The van der Waals surface area contributed by atoms with Crippen LogP contribution in [0, 0.1) is 5.41 Å². The van der Waals surface area contributed by atoms with Gasteiger partial charge in [0.15, 0.2) is 0 Å². The van der Waals surface area contributed by atoms with Crippen LogP contribution in [-0.4, -0.2) is 42.1 Å². The van der Waals surface area contributed by atoms with Crippen LogP contribution in [0.1, 0.15) is 38.5 Å². The summed E-state index contributed by atoms with van der Waals surface area (Å²) >= 11 is 0. The molecule has 0 spiro atoms. The highest BCUT2D eigenvalue weighted by Crippen LogP contribution is 2.34. The molecule has 0 aromatic carbocycles. The maximum Gasteiger partial charge on any atom is 0.317 e. The van der Waals surface area contributed by atoms with Gasteiger partial charge in [0.25, 0.3) is 0 Å². The minimum Gasteiger partial charge on any atom is -0.481 e. The van der Waals surface area contributed by atoms with E-state index in [0.29, 0.717) is 19.4 Å². The summed E-state index contributed by atoms with van der Waals surface area (Å²) in [4.78, 5) is 24.8. The number of rotatable bonds is 5. The van der Waals surface area contributed by atoms with Gasteiger partial charge < -0.3 is 15.3 Å². The number of nitrogens with one attached hydrogen (secondary N) is 1. The lowest BCUT2D eigenvalue weighted by atomic mass is 9.80. The summed E-state index contributed by atoms with van der Waals surface area (Å²) in [7, 11) is 1.66. The van der Waals surface area contributed by atoms with E-state index in [9.17, 15) is 14.7 Å². The standard InChI is InChI=1S/C14H24N2O3/c1-3-10-16(2)13(19)15-11-14(12(17)18)8-6-4-5-7-9-14/h3H,1,4-11H2,2H3,(H,15,19)(H,17,18). The van der Waals surface area contributed by atoms with Gasteiger partial charge in [0.05, 0.1) is 5.41 Å². The van der Waals surface area contributed by atoms with E-state index in [2.05, 4.69) is 11.9 Å². The molecule has 0 aliphatic heterocycles. The first-order valence-corrected chi connectivity index (χ1v) is 6.85. The monoisotopic (exact) mass is 268 g/mol. The second-order valence-corrected chi connectivity index (χ2v) is 5.33. The van der Waals surface area contributed by atoms with Gasteiger partial charge in [-0.25, -0.2) is 4.79 Å². The van der Waals surface area contributed by atoms with E-state index in [0.717, 1.165) is 25.7 Å². The van der Waals surface area contributed by atoms with Crippen LogP contribution in [-0.2, 0) is 4.79 Å². The van der Waals surface area contributed by atoms with Gasteiger partial charge in [-0.1, -0.05) is 31.8 Å². The molecule has 1 fully saturated rings. The highest BCUT2D eigenvalue weighted by Gasteiger charge is 2.39. The van der Waals surface area contributed by atoms with Crippen molar-refractivity contribution in [3.05, 3.63) is 12.7 Å². The van der Waals surface area contributed by atoms with Crippen molar-refractivity contribution in [2.75, 3.05) is 20.1 Å². The van der Waals surface area contributed by atoms with Gasteiger partial charge >= 0.3 is 12.0 Å². The van der Waals surface area contributed by atoms with Crippen molar-refractivity contribution < 1.29 is 14.7 Å². The topological polar surface area (TPSA) is 69.6 Å². The number of hydrogen-bond donors (Lipinski definition) is 2. The Kier molecular flexibility index (Phi) is 5.86. The van der Waals surface area contributed by atoms with Crippen molar-refractivity contribution >= 4 is 12.0 Å². The second-order valence-electron chi connectivity index (χ2n) is 5.33. The van der Waals surface area contributed by atoms with Crippen molar-refractivity contribution in [2.45, 2.75) is 38.5 Å². The molecule has 2 amide bonds. The van der Waals surface area contributed by atoms with Crippen molar-refractivity contribution in [2.24, 2.45) is 5.41 Å². The number of nitrogens with zero attached hydrogens (tertiary/aromatic N) is 1. The molecular weight excluding hydrogens is 244 g/mol. The molecule has 2 N–H and O–H groups in total. The minimum atomic E-state index is -0.791. The predicted molar refractivity (Wildman–Crippen MR) is 74.0 cm³/mol. The van der Waals surface area contributed by atoms with Gasteiger partial charge in [-0.15, -0.1) is 6.58 Å². The van der Waals surface area contributed by atoms with E-state index in [-0.39, 0.29) is 12.6 Å². The molecule has 1 aliphatic rings. The summed E-state index contributed by atoms with van der Waals surface area (Å²) < 4.78 is 0. The van der Waals surface area contributed by atoms with Gasteiger partial charge in [-0.05, 0) is 12.8 Å². The minimum absolute atomic E-state index is 0.211. The largest absolute Gasteiger partial charge is 0.481 e. The molecule has 0 heterocycles. The lowest BCUT2D eigenvalue weighted by Crippen LogP contribution is -2.46. The molecular formula is C14H24N2O3. The average molecular weight is 268 g/mol. The van der Waals surface area contributed by atoms with Crippen molar-refractivity contribution in [1.82, 2.24) is 10.2 Å². The zero-order valence-electron chi connectivity index (χ0n) is 11.7. The molecule has 19 heavy (non-hydrogen) atoms. The number of carboxylic acids is 1. The average Bonchev–Trinajstić information content (AvgIpc) is 2.62. The Morgan fingerprint density at radius 3 is 2.37 bits per heavy atom. The zero-order valence-corrected chi connectivity index (χ0v) is 11.7. The second kappa shape index (κ2) is 7.16. The zero-order chi connectivity index (χ0) is 14.3. The normalized spacial score (nSPS) is 18.2. The smallest absolute Gasteiger partial charge is 0.317 e. The number of hydrogen-bond acceptors (Lipinski definition) is 2. The Balaban J connectivity index is 2.61. The molecule has 5 heteroatoms. The molecule has 0 unspecified atom stereocenters.